The minimum atomic E-state index is -1.12. The van der Waals surface area contributed by atoms with Crippen LogP contribution in [0, 0.1) is 5.92 Å². The van der Waals surface area contributed by atoms with E-state index in [0.717, 1.165) is 18.7 Å². The minimum absolute atomic E-state index is 0.496. The van der Waals surface area contributed by atoms with Crippen molar-refractivity contribution in [3.05, 3.63) is 47.8 Å². The molecule has 1 aromatic heterocycles. The molecule has 0 amide bonds. The number of rotatable bonds is 8. The summed E-state index contributed by atoms with van der Waals surface area (Å²) in [4.78, 5) is 6.98. The van der Waals surface area contributed by atoms with Gasteiger partial charge in [0.2, 0.25) is 0 Å². The van der Waals surface area contributed by atoms with E-state index in [2.05, 4.69) is 35.2 Å². The third kappa shape index (κ3) is 5.10. The van der Waals surface area contributed by atoms with Crippen molar-refractivity contribution < 1.29 is 4.21 Å². The molecule has 0 aliphatic heterocycles. The number of aromatic amines is 1. The normalized spacial score (nSPS) is 12.7. The van der Waals surface area contributed by atoms with Crippen LogP contribution in [-0.2, 0) is 23.1 Å². The van der Waals surface area contributed by atoms with Crippen LogP contribution in [0.2, 0.25) is 0 Å². The highest BCUT2D eigenvalue weighted by atomic mass is 32.2. The fourth-order valence-corrected chi connectivity index (χ4v) is 3.15. The Balaban J connectivity index is 1.95. The van der Waals surface area contributed by atoms with Gasteiger partial charge in [-0.15, -0.1) is 0 Å². The van der Waals surface area contributed by atoms with Crippen molar-refractivity contribution >= 4 is 10.8 Å². The van der Waals surface area contributed by atoms with Crippen LogP contribution in [0.5, 0.6) is 0 Å². The number of imidazole rings is 1. The summed E-state index contributed by atoms with van der Waals surface area (Å²) in [5.41, 5.74) is 2.32. The van der Waals surface area contributed by atoms with Crippen molar-refractivity contribution in [2.45, 2.75) is 37.7 Å². The summed E-state index contributed by atoms with van der Waals surface area (Å²) in [5.74, 6) is 1.20. The van der Waals surface area contributed by atoms with Gasteiger partial charge in [0.05, 0.1) is 16.6 Å². The van der Waals surface area contributed by atoms with Crippen molar-refractivity contribution in [1.82, 2.24) is 15.3 Å². The lowest BCUT2D eigenvalue weighted by Gasteiger charge is -2.11. The maximum Gasteiger partial charge on any atom is 0.196 e. The highest BCUT2D eigenvalue weighted by molar-refractivity contribution is 7.84. The number of benzene rings is 1. The van der Waals surface area contributed by atoms with Crippen LogP contribution >= 0.6 is 0 Å². The van der Waals surface area contributed by atoms with Crippen LogP contribution < -0.4 is 5.32 Å². The molecule has 2 N–H and O–H groups in total. The Labute approximate surface area is 128 Å². The molecule has 0 saturated heterocycles. The molecule has 5 heteroatoms. The van der Waals surface area contributed by atoms with Gasteiger partial charge in [0, 0.05) is 18.9 Å². The van der Waals surface area contributed by atoms with Gasteiger partial charge in [0.25, 0.3) is 0 Å². The molecule has 1 atom stereocenters. The quantitative estimate of drug-likeness (QED) is 0.737. The molecule has 0 fully saturated rings. The van der Waals surface area contributed by atoms with E-state index in [1.807, 2.05) is 18.2 Å². The Morgan fingerprint density at radius 2 is 2.05 bits per heavy atom. The first-order chi connectivity index (χ1) is 10.2. The minimum Gasteiger partial charge on any atom is -0.338 e. The van der Waals surface area contributed by atoms with Gasteiger partial charge in [0.1, 0.15) is 0 Å². The summed E-state index contributed by atoms with van der Waals surface area (Å²) in [7, 11) is -1.12. The van der Waals surface area contributed by atoms with Crippen molar-refractivity contribution in [3.8, 4) is 0 Å². The van der Waals surface area contributed by atoms with E-state index in [9.17, 15) is 4.21 Å². The summed E-state index contributed by atoms with van der Waals surface area (Å²) >= 11 is 0. The Kier molecular flexibility index (Phi) is 6.14. The van der Waals surface area contributed by atoms with Crippen LogP contribution in [0.25, 0.3) is 0 Å². The Morgan fingerprint density at radius 3 is 2.71 bits per heavy atom. The maximum absolute atomic E-state index is 12.2. The lowest BCUT2D eigenvalue weighted by Crippen LogP contribution is -2.17. The van der Waals surface area contributed by atoms with Crippen LogP contribution in [0.4, 0.5) is 0 Å². The zero-order valence-corrected chi connectivity index (χ0v) is 13.5. The first-order valence-corrected chi connectivity index (χ1v) is 8.64. The zero-order chi connectivity index (χ0) is 15.1. The number of nitrogens with zero attached hydrogens (tertiary/aromatic N) is 1. The lowest BCUT2D eigenvalue weighted by molar-refractivity contribution is 0.537. The highest BCUT2D eigenvalue weighted by Gasteiger charge is 2.10. The lowest BCUT2D eigenvalue weighted by atomic mass is 10.1. The summed E-state index contributed by atoms with van der Waals surface area (Å²) in [5, 5.41) is 4.00. The van der Waals surface area contributed by atoms with Crippen LogP contribution in [0.1, 0.15) is 31.4 Å². The second-order valence-electron chi connectivity index (χ2n) is 5.51. The standard InChI is InChI=1S/C16H23N3OS/c1-13(2)7-8-17-11-14-5-3-4-6-15(14)12-21(20)16-18-9-10-19-16/h3-6,9-10,13,17H,7-8,11-12H2,1-2H3,(H,18,19). The third-order valence-corrected chi connectivity index (χ3v) is 4.54. The van der Waals surface area contributed by atoms with E-state index in [0.29, 0.717) is 16.8 Å². The number of hydrogen-bond acceptors (Lipinski definition) is 3. The smallest absolute Gasteiger partial charge is 0.196 e. The van der Waals surface area contributed by atoms with Crippen molar-refractivity contribution in [1.29, 1.82) is 0 Å². The summed E-state index contributed by atoms with van der Waals surface area (Å²) in [6, 6.07) is 8.16. The molecule has 1 unspecified atom stereocenters. The highest BCUT2D eigenvalue weighted by Crippen LogP contribution is 2.14. The molecule has 2 rings (SSSR count). The second-order valence-corrected chi connectivity index (χ2v) is 6.88. The van der Waals surface area contributed by atoms with Crippen LogP contribution in [0.15, 0.2) is 41.8 Å². The van der Waals surface area contributed by atoms with E-state index in [1.165, 1.54) is 12.0 Å². The Bertz CT molecular complexity index is 567. The Hall–Kier alpha value is -1.46. The first kappa shape index (κ1) is 15.9. The fraction of sp³-hybridized carbons (Fsp3) is 0.438. The van der Waals surface area contributed by atoms with E-state index in [4.69, 9.17) is 0 Å². The van der Waals surface area contributed by atoms with Gasteiger partial charge in [-0.25, -0.2) is 4.98 Å². The number of H-pyrrole nitrogens is 1. The Morgan fingerprint density at radius 1 is 1.29 bits per heavy atom. The molecule has 1 heterocycles. The molecular formula is C16H23N3OS. The molecule has 0 spiro atoms. The average molecular weight is 305 g/mol. The maximum atomic E-state index is 12.2. The molecule has 2 aromatic rings. The van der Waals surface area contributed by atoms with Crippen LogP contribution in [0.3, 0.4) is 0 Å². The van der Waals surface area contributed by atoms with Crippen LogP contribution in [-0.4, -0.2) is 20.7 Å². The largest absolute Gasteiger partial charge is 0.338 e. The summed E-state index contributed by atoms with van der Waals surface area (Å²) < 4.78 is 12.2. The molecule has 0 saturated carbocycles. The van der Waals surface area contributed by atoms with Gasteiger partial charge < -0.3 is 10.3 Å². The van der Waals surface area contributed by atoms with Crippen molar-refractivity contribution in [3.63, 3.8) is 0 Å². The van der Waals surface area contributed by atoms with Gasteiger partial charge in [-0.1, -0.05) is 38.1 Å². The molecule has 0 bridgehead atoms. The van der Waals surface area contributed by atoms with E-state index in [-0.39, 0.29) is 0 Å². The van der Waals surface area contributed by atoms with E-state index in [1.54, 1.807) is 12.4 Å². The monoisotopic (exact) mass is 305 g/mol. The second kappa shape index (κ2) is 8.10. The van der Waals surface area contributed by atoms with Gasteiger partial charge in [-0.2, -0.15) is 0 Å². The van der Waals surface area contributed by atoms with Gasteiger partial charge >= 0.3 is 0 Å². The van der Waals surface area contributed by atoms with Crippen molar-refractivity contribution in [2.24, 2.45) is 5.92 Å². The van der Waals surface area contributed by atoms with Gasteiger partial charge in [-0.05, 0) is 30.0 Å². The summed E-state index contributed by atoms with van der Waals surface area (Å²) in [6.45, 7) is 6.27. The van der Waals surface area contributed by atoms with E-state index < -0.39 is 10.8 Å². The third-order valence-electron chi connectivity index (χ3n) is 3.31. The summed E-state index contributed by atoms with van der Waals surface area (Å²) in [6.07, 6.45) is 4.50. The molecular weight excluding hydrogens is 282 g/mol. The van der Waals surface area contributed by atoms with Gasteiger partial charge in [0.15, 0.2) is 5.16 Å². The fourth-order valence-electron chi connectivity index (χ4n) is 2.07. The number of nitrogens with one attached hydrogen (secondary N) is 2. The van der Waals surface area contributed by atoms with Gasteiger partial charge in [-0.3, -0.25) is 4.21 Å². The predicted molar refractivity (Wildman–Crippen MR) is 86.3 cm³/mol. The van der Waals surface area contributed by atoms with E-state index >= 15 is 0 Å². The number of hydrogen-bond donors (Lipinski definition) is 2. The molecule has 0 aliphatic rings. The molecule has 4 nitrogen and oxygen atoms in total. The van der Waals surface area contributed by atoms with Crippen molar-refractivity contribution in [2.75, 3.05) is 6.54 Å². The molecule has 0 aliphatic carbocycles. The first-order valence-electron chi connectivity index (χ1n) is 7.32. The molecule has 0 radical (unpaired) electrons. The molecule has 1 aromatic carbocycles. The predicted octanol–water partition coefficient (Wildman–Crippen LogP) is 2.85. The topological polar surface area (TPSA) is 57.8 Å². The number of aromatic nitrogens is 2. The zero-order valence-electron chi connectivity index (χ0n) is 12.6. The molecule has 21 heavy (non-hydrogen) atoms. The molecule has 114 valence electrons. The average Bonchev–Trinajstić information content (AvgIpc) is 2.99. The SMILES string of the molecule is CC(C)CCNCc1ccccc1CS(=O)c1ncc[nH]1.